The molecule has 0 fully saturated rings. The first kappa shape index (κ1) is 13.9. The predicted octanol–water partition coefficient (Wildman–Crippen LogP) is 2.73. The van der Waals surface area contributed by atoms with E-state index in [-0.39, 0.29) is 11.6 Å². The van der Waals surface area contributed by atoms with Crippen molar-refractivity contribution in [1.82, 2.24) is 14.5 Å². The van der Waals surface area contributed by atoms with Crippen LogP contribution in [0.15, 0.2) is 47.7 Å². The molecule has 5 heteroatoms. The van der Waals surface area contributed by atoms with E-state index in [2.05, 4.69) is 22.1 Å². The van der Waals surface area contributed by atoms with Gasteiger partial charge in [0.15, 0.2) is 5.52 Å². The smallest absolute Gasteiger partial charge is 0.280 e. The van der Waals surface area contributed by atoms with Crippen LogP contribution in [0, 0.1) is 0 Å². The molecule has 0 aliphatic heterocycles. The minimum Gasteiger partial charge on any atom is -0.497 e. The molecule has 0 saturated heterocycles. The Labute approximate surface area is 133 Å². The van der Waals surface area contributed by atoms with Gasteiger partial charge in [-0.25, -0.2) is 9.97 Å². The van der Waals surface area contributed by atoms with Gasteiger partial charge in [-0.1, -0.05) is 6.07 Å². The quantitative estimate of drug-likeness (QED) is 0.730. The molecule has 0 N–H and O–H groups in total. The molecule has 23 heavy (non-hydrogen) atoms. The molecule has 0 unspecified atom stereocenters. The van der Waals surface area contributed by atoms with Gasteiger partial charge in [-0.2, -0.15) is 0 Å². The van der Waals surface area contributed by atoms with E-state index < -0.39 is 0 Å². The van der Waals surface area contributed by atoms with Crippen LogP contribution in [0.5, 0.6) is 5.75 Å². The number of methoxy groups -OCH3 is 1. The lowest BCUT2D eigenvalue weighted by Gasteiger charge is -2.27. The van der Waals surface area contributed by atoms with Crippen molar-refractivity contribution in [3.8, 4) is 5.75 Å². The highest BCUT2D eigenvalue weighted by molar-refractivity contribution is 5.72. The molecule has 1 aliphatic carbocycles. The second-order valence-electron chi connectivity index (χ2n) is 5.80. The van der Waals surface area contributed by atoms with E-state index in [9.17, 15) is 4.79 Å². The third-order valence-corrected chi connectivity index (χ3v) is 4.51. The van der Waals surface area contributed by atoms with Gasteiger partial charge in [0.25, 0.3) is 5.56 Å². The fraction of sp³-hybridized carbons (Fsp3) is 0.278. The van der Waals surface area contributed by atoms with Crippen LogP contribution >= 0.6 is 0 Å². The van der Waals surface area contributed by atoms with Crippen LogP contribution in [-0.2, 0) is 6.42 Å². The number of benzene rings is 1. The van der Waals surface area contributed by atoms with Gasteiger partial charge < -0.3 is 4.74 Å². The number of ether oxygens (including phenoxy) is 1. The van der Waals surface area contributed by atoms with E-state index in [1.165, 1.54) is 11.1 Å². The number of aryl methyl sites for hydroxylation is 1. The van der Waals surface area contributed by atoms with Gasteiger partial charge in [0, 0.05) is 6.20 Å². The van der Waals surface area contributed by atoms with Crippen molar-refractivity contribution >= 4 is 11.0 Å². The normalized spacial score (nSPS) is 17.0. The number of rotatable bonds is 2. The molecule has 4 rings (SSSR count). The number of pyridine rings is 1. The molecular formula is C18H17N3O2. The topological polar surface area (TPSA) is 57.0 Å². The summed E-state index contributed by atoms with van der Waals surface area (Å²) in [6.45, 7) is 0. The Hall–Kier alpha value is -2.69. The minimum atomic E-state index is -0.0794. The van der Waals surface area contributed by atoms with Crippen molar-refractivity contribution in [1.29, 1.82) is 0 Å². The fourth-order valence-electron chi connectivity index (χ4n) is 3.37. The third-order valence-electron chi connectivity index (χ3n) is 4.51. The fourth-order valence-corrected chi connectivity index (χ4v) is 3.37. The van der Waals surface area contributed by atoms with Crippen molar-refractivity contribution in [2.75, 3.05) is 7.11 Å². The highest BCUT2D eigenvalue weighted by atomic mass is 16.5. The number of aromatic nitrogens is 3. The van der Waals surface area contributed by atoms with E-state index in [1.54, 1.807) is 30.3 Å². The Morgan fingerprint density at radius 3 is 3.04 bits per heavy atom. The maximum Gasteiger partial charge on any atom is 0.280 e. The molecule has 116 valence electrons. The molecule has 1 atom stereocenters. The molecule has 1 aliphatic rings. The van der Waals surface area contributed by atoms with Gasteiger partial charge in [0.05, 0.1) is 25.0 Å². The van der Waals surface area contributed by atoms with E-state index in [1.807, 2.05) is 12.1 Å². The van der Waals surface area contributed by atoms with Crippen LogP contribution in [0.1, 0.15) is 30.0 Å². The Balaban J connectivity index is 1.87. The number of nitrogens with zero attached hydrogens (tertiary/aromatic N) is 3. The summed E-state index contributed by atoms with van der Waals surface area (Å²) < 4.78 is 7.03. The van der Waals surface area contributed by atoms with Gasteiger partial charge in [-0.15, -0.1) is 0 Å². The summed E-state index contributed by atoms with van der Waals surface area (Å²) in [5.41, 5.74) is 3.41. The first-order chi connectivity index (χ1) is 11.3. The monoisotopic (exact) mass is 307 g/mol. The summed E-state index contributed by atoms with van der Waals surface area (Å²) in [7, 11) is 1.67. The average Bonchev–Trinajstić information content (AvgIpc) is 2.61. The second-order valence-corrected chi connectivity index (χ2v) is 5.80. The molecule has 0 amide bonds. The number of fused-ring (bicyclic) bond motifs is 2. The number of hydrogen-bond acceptors (Lipinski definition) is 4. The Morgan fingerprint density at radius 1 is 1.26 bits per heavy atom. The predicted molar refractivity (Wildman–Crippen MR) is 87.9 cm³/mol. The SMILES string of the molecule is COc1ccc2c(c1)CCC[C@@H]2n1cnc2cccnc2c1=O. The zero-order chi connectivity index (χ0) is 15.8. The Morgan fingerprint density at radius 2 is 2.17 bits per heavy atom. The van der Waals surface area contributed by atoms with Crippen LogP contribution < -0.4 is 10.3 Å². The highest BCUT2D eigenvalue weighted by Gasteiger charge is 2.23. The van der Waals surface area contributed by atoms with Gasteiger partial charge in [-0.05, 0) is 54.7 Å². The second kappa shape index (κ2) is 5.50. The van der Waals surface area contributed by atoms with Crippen LogP contribution in [0.4, 0.5) is 0 Å². The van der Waals surface area contributed by atoms with Gasteiger partial charge in [0.1, 0.15) is 5.75 Å². The summed E-state index contributed by atoms with van der Waals surface area (Å²) >= 11 is 0. The van der Waals surface area contributed by atoms with Crippen LogP contribution in [0.3, 0.4) is 0 Å². The zero-order valence-corrected chi connectivity index (χ0v) is 12.9. The summed E-state index contributed by atoms with van der Waals surface area (Å²) in [6, 6.07) is 9.70. The minimum absolute atomic E-state index is 0.0102. The maximum atomic E-state index is 12.8. The molecule has 1 aromatic carbocycles. The summed E-state index contributed by atoms with van der Waals surface area (Å²) in [5, 5.41) is 0. The number of hydrogen-bond donors (Lipinski definition) is 0. The molecule has 3 aromatic rings. The van der Waals surface area contributed by atoms with Gasteiger partial charge >= 0.3 is 0 Å². The van der Waals surface area contributed by atoms with E-state index >= 15 is 0 Å². The van der Waals surface area contributed by atoms with Crippen LogP contribution in [0.2, 0.25) is 0 Å². The largest absolute Gasteiger partial charge is 0.497 e. The molecule has 0 spiro atoms. The first-order valence-electron chi connectivity index (χ1n) is 7.76. The van der Waals surface area contributed by atoms with Gasteiger partial charge in [0.2, 0.25) is 0 Å². The lowest BCUT2D eigenvalue weighted by atomic mass is 9.87. The van der Waals surface area contributed by atoms with E-state index in [0.29, 0.717) is 11.0 Å². The van der Waals surface area contributed by atoms with Crippen molar-refractivity contribution in [3.05, 3.63) is 64.3 Å². The molecule has 0 bridgehead atoms. The van der Waals surface area contributed by atoms with Crippen molar-refractivity contribution < 1.29 is 4.74 Å². The molecule has 0 radical (unpaired) electrons. The van der Waals surface area contributed by atoms with Crippen LogP contribution in [-0.4, -0.2) is 21.6 Å². The Kier molecular flexibility index (Phi) is 3.33. The van der Waals surface area contributed by atoms with Crippen molar-refractivity contribution in [3.63, 3.8) is 0 Å². The molecule has 0 saturated carbocycles. The van der Waals surface area contributed by atoms with Crippen LogP contribution in [0.25, 0.3) is 11.0 Å². The summed E-state index contributed by atoms with van der Waals surface area (Å²) in [5.74, 6) is 0.857. The summed E-state index contributed by atoms with van der Waals surface area (Å²) in [4.78, 5) is 21.4. The highest BCUT2D eigenvalue weighted by Crippen LogP contribution is 2.34. The van der Waals surface area contributed by atoms with Gasteiger partial charge in [-0.3, -0.25) is 9.36 Å². The maximum absolute atomic E-state index is 12.8. The molecule has 2 aromatic heterocycles. The molecule has 5 nitrogen and oxygen atoms in total. The molecule has 2 heterocycles. The lowest BCUT2D eigenvalue weighted by Crippen LogP contribution is -2.28. The molecular weight excluding hydrogens is 290 g/mol. The van der Waals surface area contributed by atoms with E-state index in [4.69, 9.17) is 4.74 Å². The Bertz CT molecular complexity index is 933. The van der Waals surface area contributed by atoms with Crippen molar-refractivity contribution in [2.24, 2.45) is 0 Å². The summed E-state index contributed by atoms with van der Waals surface area (Å²) in [6.07, 6.45) is 6.26. The zero-order valence-electron chi connectivity index (χ0n) is 12.9. The third kappa shape index (κ3) is 2.29. The average molecular weight is 307 g/mol. The van der Waals surface area contributed by atoms with Crippen molar-refractivity contribution in [2.45, 2.75) is 25.3 Å². The first-order valence-corrected chi connectivity index (χ1v) is 7.76. The standard InChI is InChI=1S/C18H17N3O2/c1-23-13-7-8-14-12(10-13)4-2-6-16(14)21-11-20-15-5-3-9-19-17(15)18(21)22/h3,5,7-11,16H,2,4,6H2,1H3/t16-/m0/s1. The van der Waals surface area contributed by atoms with E-state index in [0.717, 1.165) is 25.0 Å². The lowest BCUT2D eigenvalue weighted by molar-refractivity contribution is 0.411.